The Morgan fingerprint density at radius 2 is 1.94 bits per heavy atom. The van der Waals surface area contributed by atoms with Crippen molar-refractivity contribution in [1.29, 1.82) is 0 Å². The van der Waals surface area contributed by atoms with Crippen LogP contribution < -0.4 is 10.6 Å². The average Bonchev–Trinajstić information content (AvgIpc) is 3.31. The van der Waals surface area contributed by atoms with Crippen molar-refractivity contribution in [3.8, 4) is 11.4 Å². The maximum Gasteiger partial charge on any atom is 0.255 e. The first-order valence-corrected chi connectivity index (χ1v) is 11.5. The minimum absolute atomic E-state index is 0.196. The van der Waals surface area contributed by atoms with Gasteiger partial charge in [0, 0.05) is 36.7 Å². The summed E-state index contributed by atoms with van der Waals surface area (Å²) in [4.78, 5) is 28.6. The normalized spacial score (nSPS) is 12.6. The van der Waals surface area contributed by atoms with Crippen molar-refractivity contribution in [2.75, 3.05) is 31.5 Å². The van der Waals surface area contributed by atoms with E-state index in [0.717, 1.165) is 50.2 Å². The molecule has 1 amide bonds. The van der Waals surface area contributed by atoms with Crippen LogP contribution in [0.25, 0.3) is 11.4 Å². The second kappa shape index (κ2) is 10.5. The second-order valence-electron chi connectivity index (χ2n) is 7.98. The number of nitrogens with one attached hydrogen (secondary N) is 2. The lowest BCUT2D eigenvalue weighted by atomic mass is 10.1. The molecule has 2 aromatic heterocycles. The Balaban J connectivity index is 1.60. The molecule has 33 heavy (non-hydrogen) atoms. The summed E-state index contributed by atoms with van der Waals surface area (Å²) in [7, 11) is 0. The van der Waals surface area contributed by atoms with E-state index in [1.54, 1.807) is 36.7 Å². The number of nitrogens with zero attached hydrogens (tertiary/aromatic N) is 4. The van der Waals surface area contributed by atoms with Gasteiger partial charge in [-0.1, -0.05) is 26.0 Å². The van der Waals surface area contributed by atoms with Gasteiger partial charge in [-0.3, -0.25) is 9.78 Å². The molecule has 8 heteroatoms. The van der Waals surface area contributed by atoms with Crippen LogP contribution in [0.3, 0.4) is 0 Å². The fourth-order valence-corrected chi connectivity index (χ4v) is 4.07. The van der Waals surface area contributed by atoms with Crippen molar-refractivity contribution in [1.82, 2.24) is 25.2 Å². The largest absolute Gasteiger partial charge is 0.351 e. The monoisotopic (exact) mass is 448 g/mol. The minimum Gasteiger partial charge on any atom is -0.351 e. The molecule has 2 N–H and O–H groups in total. The molecule has 0 aliphatic heterocycles. The van der Waals surface area contributed by atoms with E-state index in [1.165, 1.54) is 6.07 Å². The number of pyridine rings is 1. The van der Waals surface area contributed by atoms with Crippen LogP contribution in [0.1, 0.15) is 41.9 Å². The number of likely N-dealkylation sites (N-methyl/N-ethyl adjacent to an activating group) is 1. The number of aryl methyl sites for hydroxylation is 1. The van der Waals surface area contributed by atoms with E-state index in [4.69, 9.17) is 0 Å². The van der Waals surface area contributed by atoms with E-state index >= 15 is 0 Å². The molecule has 1 aliphatic rings. The van der Waals surface area contributed by atoms with E-state index in [1.807, 2.05) is 0 Å². The van der Waals surface area contributed by atoms with Crippen LogP contribution in [0.15, 0.2) is 42.7 Å². The molecule has 0 saturated heterocycles. The summed E-state index contributed by atoms with van der Waals surface area (Å²) in [6, 6.07) is 8.25. The molecule has 0 unspecified atom stereocenters. The van der Waals surface area contributed by atoms with E-state index in [2.05, 4.69) is 44.3 Å². The summed E-state index contributed by atoms with van der Waals surface area (Å²) in [5.74, 6) is 0.394. The quantitative estimate of drug-likeness (QED) is 0.515. The topological polar surface area (TPSA) is 83.0 Å². The molecule has 0 saturated carbocycles. The maximum atomic E-state index is 14.4. The van der Waals surface area contributed by atoms with Gasteiger partial charge in [0.15, 0.2) is 5.82 Å². The molecule has 0 spiro atoms. The number of amides is 1. The summed E-state index contributed by atoms with van der Waals surface area (Å²) in [6.07, 6.45) is 5.81. The number of aromatic nitrogens is 3. The minimum atomic E-state index is -0.362. The third kappa shape index (κ3) is 5.17. The van der Waals surface area contributed by atoms with Gasteiger partial charge in [-0.2, -0.15) is 0 Å². The highest BCUT2D eigenvalue weighted by atomic mass is 19.1. The van der Waals surface area contributed by atoms with Crippen molar-refractivity contribution >= 4 is 17.4 Å². The molecule has 1 aromatic carbocycles. The Morgan fingerprint density at radius 1 is 1.12 bits per heavy atom. The van der Waals surface area contributed by atoms with Crippen molar-refractivity contribution in [2.45, 2.75) is 33.1 Å². The van der Waals surface area contributed by atoms with Gasteiger partial charge in [0.25, 0.3) is 5.91 Å². The number of hydrogen-bond donors (Lipinski definition) is 2. The first-order valence-electron chi connectivity index (χ1n) is 11.5. The van der Waals surface area contributed by atoms with Crippen LogP contribution in [0.5, 0.6) is 0 Å². The highest BCUT2D eigenvalue weighted by molar-refractivity contribution is 6.00. The van der Waals surface area contributed by atoms with Gasteiger partial charge in [0.1, 0.15) is 11.6 Å². The predicted molar refractivity (Wildman–Crippen MR) is 127 cm³/mol. The van der Waals surface area contributed by atoms with Crippen LogP contribution in [0.2, 0.25) is 0 Å². The van der Waals surface area contributed by atoms with Crippen molar-refractivity contribution < 1.29 is 9.18 Å². The maximum absolute atomic E-state index is 14.4. The zero-order valence-electron chi connectivity index (χ0n) is 19.1. The number of fused-ring (bicyclic) bond motifs is 1. The van der Waals surface area contributed by atoms with E-state index in [9.17, 15) is 9.18 Å². The molecule has 2 heterocycles. The van der Waals surface area contributed by atoms with Gasteiger partial charge >= 0.3 is 0 Å². The standard InChI is InChI=1S/C25H29FN6O/c1-3-32(4-2)15-14-28-25(33)19-16-27-13-12-22(19)30-24-18-9-7-11-21(18)29-23(31-24)17-8-5-6-10-20(17)26/h5-6,8,10,12-13,16H,3-4,7,9,11,14-15H2,1-2H3,(H,28,33)(H,27,29,30,31). The summed E-state index contributed by atoms with van der Waals surface area (Å²) < 4.78 is 14.4. The Kier molecular flexibility index (Phi) is 7.24. The van der Waals surface area contributed by atoms with E-state index < -0.39 is 0 Å². The molecular weight excluding hydrogens is 419 g/mol. The number of anilines is 2. The highest BCUT2D eigenvalue weighted by Gasteiger charge is 2.22. The Labute approximate surface area is 193 Å². The van der Waals surface area contributed by atoms with Crippen LogP contribution in [-0.2, 0) is 12.8 Å². The number of benzene rings is 1. The second-order valence-corrected chi connectivity index (χ2v) is 7.98. The van der Waals surface area contributed by atoms with E-state index in [-0.39, 0.29) is 11.7 Å². The van der Waals surface area contributed by atoms with Crippen molar-refractivity contribution in [3.63, 3.8) is 0 Å². The summed E-state index contributed by atoms with van der Waals surface area (Å²) in [5.41, 5.74) is 3.34. The molecule has 0 bridgehead atoms. The van der Waals surface area contributed by atoms with Crippen LogP contribution in [-0.4, -0.2) is 51.9 Å². The fourth-order valence-electron chi connectivity index (χ4n) is 4.07. The lowest BCUT2D eigenvalue weighted by Crippen LogP contribution is -2.35. The molecular formula is C25H29FN6O. The number of rotatable bonds is 9. The number of hydrogen-bond acceptors (Lipinski definition) is 6. The molecule has 1 aliphatic carbocycles. The van der Waals surface area contributed by atoms with Crippen LogP contribution in [0, 0.1) is 5.82 Å². The highest BCUT2D eigenvalue weighted by Crippen LogP contribution is 2.32. The van der Waals surface area contributed by atoms with Gasteiger partial charge in [-0.05, 0) is 50.6 Å². The Bertz CT molecular complexity index is 1130. The molecule has 0 atom stereocenters. The zero-order chi connectivity index (χ0) is 23.2. The average molecular weight is 449 g/mol. The molecule has 4 rings (SSSR count). The van der Waals surface area contributed by atoms with E-state index in [0.29, 0.717) is 35.0 Å². The summed E-state index contributed by atoms with van der Waals surface area (Å²) in [5, 5.41) is 6.30. The molecule has 0 radical (unpaired) electrons. The van der Waals surface area contributed by atoms with Gasteiger partial charge in [-0.25, -0.2) is 14.4 Å². The third-order valence-corrected chi connectivity index (χ3v) is 5.97. The predicted octanol–water partition coefficient (Wildman–Crippen LogP) is 3.98. The number of halogens is 1. The molecule has 7 nitrogen and oxygen atoms in total. The summed E-state index contributed by atoms with van der Waals surface area (Å²) in [6.45, 7) is 7.42. The van der Waals surface area contributed by atoms with Gasteiger partial charge in [0.2, 0.25) is 0 Å². The molecule has 0 fully saturated rings. The van der Waals surface area contributed by atoms with Gasteiger partial charge in [0.05, 0.1) is 16.8 Å². The Hall–Kier alpha value is -3.39. The van der Waals surface area contributed by atoms with Crippen molar-refractivity contribution in [2.24, 2.45) is 0 Å². The first kappa shape index (κ1) is 22.8. The summed E-state index contributed by atoms with van der Waals surface area (Å²) >= 11 is 0. The lowest BCUT2D eigenvalue weighted by Gasteiger charge is -2.18. The molecule has 172 valence electrons. The molecule has 3 aromatic rings. The van der Waals surface area contributed by atoms with Gasteiger partial charge < -0.3 is 15.5 Å². The number of carbonyl (C=O) groups is 1. The van der Waals surface area contributed by atoms with Gasteiger partial charge in [-0.15, -0.1) is 0 Å². The SMILES string of the molecule is CCN(CC)CCNC(=O)c1cnccc1Nc1nc(-c2ccccc2F)nc2c1CCC2. The zero-order valence-corrected chi connectivity index (χ0v) is 19.1. The number of carbonyl (C=O) groups excluding carboxylic acids is 1. The smallest absolute Gasteiger partial charge is 0.255 e. The fraction of sp³-hybridized carbons (Fsp3) is 0.360. The Morgan fingerprint density at radius 3 is 2.73 bits per heavy atom. The lowest BCUT2D eigenvalue weighted by molar-refractivity contribution is 0.0949. The van der Waals surface area contributed by atoms with Crippen molar-refractivity contribution in [3.05, 3.63) is 65.4 Å². The first-order chi connectivity index (χ1) is 16.1. The van der Waals surface area contributed by atoms with Crippen LogP contribution in [0.4, 0.5) is 15.9 Å². The van der Waals surface area contributed by atoms with Crippen LogP contribution >= 0.6 is 0 Å². The third-order valence-electron chi connectivity index (χ3n) is 5.97.